The first-order valence-corrected chi connectivity index (χ1v) is 10.8. The number of carbonyl (C=O) groups excluding carboxylic acids is 1. The Balaban J connectivity index is 1.53. The number of hydrogen-bond donors (Lipinski definition) is 1. The average Bonchev–Trinajstić information content (AvgIpc) is 3.22. The van der Waals surface area contributed by atoms with Gasteiger partial charge in [-0.25, -0.2) is 0 Å². The Morgan fingerprint density at radius 3 is 2.57 bits per heavy atom. The van der Waals surface area contributed by atoms with Crippen LogP contribution in [0.1, 0.15) is 27.4 Å². The molecule has 1 amide bonds. The van der Waals surface area contributed by atoms with E-state index in [1.54, 1.807) is 26.4 Å². The predicted octanol–water partition coefficient (Wildman–Crippen LogP) is 3.89. The smallest absolute Gasteiger partial charge is 0.287 e. The Hall–Kier alpha value is -3.06. The summed E-state index contributed by atoms with van der Waals surface area (Å²) in [6.07, 6.45) is 0.636. The Bertz CT molecular complexity index is 1040. The maximum Gasteiger partial charge on any atom is 0.287 e. The van der Waals surface area contributed by atoms with E-state index in [1.165, 1.54) is 0 Å². The molecule has 0 unspecified atom stereocenters. The van der Waals surface area contributed by atoms with Crippen LogP contribution in [0.15, 0.2) is 63.9 Å². The van der Waals surface area contributed by atoms with E-state index in [2.05, 4.69) is 5.32 Å². The quantitative estimate of drug-likeness (QED) is 0.561. The second-order valence-corrected chi connectivity index (χ2v) is 8.22. The van der Waals surface area contributed by atoms with E-state index >= 15 is 0 Å². The van der Waals surface area contributed by atoms with Crippen molar-refractivity contribution in [1.82, 2.24) is 5.32 Å². The van der Waals surface area contributed by atoms with Crippen LogP contribution < -0.4 is 14.8 Å². The van der Waals surface area contributed by atoms with Gasteiger partial charge in [0.15, 0.2) is 17.3 Å². The minimum atomic E-state index is -1.23. The fraction of sp³-hybridized carbons (Fsp3) is 0.261. The zero-order valence-electron chi connectivity index (χ0n) is 17.3. The van der Waals surface area contributed by atoms with Crippen molar-refractivity contribution in [2.75, 3.05) is 20.8 Å². The number of furan rings is 1. The summed E-state index contributed by atoms with van der Waals surface area (Å²) in [6, 6.07) is 16.5. The standard InChI is InChI=1S/C23H25NO5S/c1-16-5-4-6-19(13-16)30(26)15-18-8-10-21(29-18)23(25)24-12-11-17-7-9-20(27-2)22(14-17)28-3/h4-10,13-14H,11-12,15H2,1-3H3,(H,24,25)/t30-/m1/s1. The normalized spacial score (nSPS) is 11.7. The molecule has 30 heavy (non-hydrogen) atoms. The molecule has 0 radical (unpaired) electrons. The lowest BCUT2D eigenvalue weighted by Gasteiger charge is -2.09. The Kier molecular flexibility index (Phi) is 7.30. The monoisotopic (exact) mass is 427 g/mol. The van der Waals surface area contributed by atoms with Gasteiger partial charge in [0.25, 0.3) is 5.91 Å². The molecule has 3 aromatic rings. The number of rotatable bonds is 9. The largest absolute Gasteiger partial charge is 0.493 e. The van der Waals surface area contributed by atoms with Crippen molar-refractivity contribution in [3.63, 3.8) is 0 Å². The van der Waals surface area contributed by atoms with E-state index in [0.717, 1.165) is 16.0 Å². The number of carbonyl (C=O) groups is 1. The number of benzene rings is 2. The van der Waals surface area contributed by atoms with E-state index in [-0.39, 0.29) is 17.4 Å². The van der Waals surface area contributed by atoms with Crippen LogP contribution in [0.25, 0.3) is 0 Å². The molecular formula is C23H25NO5S. The highest BCUT2D eigenvalue weighted by molar-refractivity contribution is 7.84. The van der Waals surface area contributed by atoms with Gasteiger partial charge in [0.1, 0.15) is 5.76 Å². The summed E-state index contributed by atoms with van der Waals surface area (Å²) in [7, 11) is 1.95. The van der Waals surface area contributed by atoms with Crippen LogP contribution in [-0.2, 0) is 23.0 Å². The lowest BCUT2D eigenvalue weighted by atomic mass is 10.1. The number of hydrogen-bond acceptors (Lipinski definition) is 5. The molecule has 0 aliphatic heterocycles. The topological polar surface area (TPSA) is 77.8 Å². The first-order valence-electron chi connectivity index (χ1n) is 9.53. The van der Waals surface area contributed by atoms with E-state index in [4.69, 9.17) is 13.9 Å². The third-order valence-electron chi connectivity index (χ3n) is 4.56. The third kappa shape index (κ3) is 5.51. The molecule has 0 saturated heterocycles. The Morgan fingerprint density at radius 1 is 1.03 bits per heavy atom. The number of methoxy groups -OCH3 is 2. The number of aryl methyl sites for hydroxylation is 1. The van der Waals surface area contributed by atoms with Crippen molar-refractivity contribution in [2.45, 2.75) is 24.0 Å². The zero-order chi connectivity index (χ0) is 21.5. The summed E-state index contributed by atoms with van der Waals surface area (Å²) in [5.74, 6) is 1.96. The summed E-state index contributed by atoms with van der Waals surface area (Å²) in [5.41, 5.74) is 2.07. The highest BCUT2D eigenvalue weighted by atomic mass is 32.2. The van der Waals surface area contributed by atoms with Gasteiger partial charge in [-0.2, -0.15) is 0 Å². The highest BCUT2D eigenvalue weighted by Gasteiger charge is 2.14. The van der Waals surface area contributed by atoms with Gasteiger partial charge in [0, 0.05) is 11.4 Å². The van der Waals surface area contributed by atoms with Crippen LogP contribution >= 0.6 is 0 Å². The molecule has 6 nitrogen and oxygen atoms in total. The molecule has 3 rings (SSSR count). The molecule has 0 fully saturated rings. The molecule has 158 valence electrons. The molecular weight excluding hydrogens is 402 g/mol. The van der Waals surface area contributed by atoms with Crippen molar-refractivity contribution < 1.29 is 22.9 Å². The molecule has 0 bridgehead atoms. The van der Waals surface area contributed by atoms with Crippen molar-refractivity contribution in [3.8, 4) is 11.5 Å². The van der Waals surface area contributed by atoms with Crippen LogP contribution in [0.2, 0.25) is 0 Å². The summed E-state index contributed by atoms with van der Waals surface area (Å²) in [4.78, 5) is 13.1. The molecule has 7 heteroatoms. The first kappa shape index (κ1) is 21.6. The average molecular weight is 428 g/mol. The van der Waals surface area contributed by atoms with Gasteiger partial charge in [-0.1, -0.05) is 18.2 Å². The number of ether oxygens (including phenoxy) is 2. The van der Waals surface area contributed by atoms with E-state index in [9.17, 15) is 9.00 Å². The van der Waals surface area contributed by atoms with Crippen molar-refractivity contribution in [2.24, 2.45) is 0 Å². The van der Waals surface area contributed by atoms with Crippen molar-refractivity contribution in [1.29, 1.82) is 0 Å². The van der Waals surface area contributed by atoms with Gasteiger partial charge >= 0.3 is 0 Å². The maximum absolute atomic E-state index is 12.5. The SMILES string of the molecule is COc1ccc(CCNC(=O)c2ccc(C[S@@](=O)c3cccc(C)c3)o2)cc1OC. The number of nitrogens with one attached hydrogen (secondary N) is 1. The Labute approximate surface area is 178 Å². The molecule has 0 saturated carbocycles. The van der Waals surface area contributed by atoms with Crippen LogP contribution in [-0.4, -0.2) is 30.9 Å². The number of amides is 1. The predicted molar refractivity (Wildman–Crippen MR) is 116 cm³/mol. The maximum atomic E-state index is 12.5. The molecule has 1 aromatic heterocycles. The van der Waals surface area contributed by atoms with Crippen LogP contribution in [0.4, 0.5) is 0 Å². The van der Waals surface area contributed by atoms with Gasteiger partial charge < -0.3 is 19.2 Å². The molecule has 2 aromatic carbocycles. The second-order valence-electron chi connectivity index (χ2n) is 6.77. The van der Waals surface area contributed by atoms with Crippen molar-refractivity contribution in [3.05, 3.63) is 77.2 Å². The zero-order valence-corrected chi connectivity index (χ0v) is 18.1. The van der Waals surface area contributed by atoms with Gasteiger partial charge in [-0.3, -0.25) is 9.00 Å². The summed E-state index contributed by atoms with van der Waals surface area (Å²) in [6.45, 7) is 2.40. The van der Waals surface area contributed by atoms with Crippen LogP contribution in [0.5, 0.6) is 11.5 Å². The minimum Gasteiger partial charge on any atom is -0.493 e. The highest BCUT2D eigenvalue weighted by Crippen LogP contribution is 2.27. The lowest BCUT2D eigenvalue weighted by molar-refractivity contribution is 0.0925. The van der Waals surface area contributed by atoms with Crippen LogP contribution in [0, 0.1) is 6.92 Å². The molecule has 0 spiro atoms. The summed E-state index contributed by atoms with van der Waals surface area (Å²) in [5, 5.41) is 2.84. The van der Waals surface area contributed by atoms with E-state index in [1.807, 2.05) is 49.4 Å². The second kappa shape index (κ2) is 10.1. The van der Waals surface area contributed by atoms with Crippen molar-refractivity contribution >= 4 is 16.7 Å². The minimum absolute atomic E-state index is 0.207. The molecule has 1 atom stereocenters. The molecule has 1 N–H and O–H groups in total. The molecule has 1 heterocycles. The fourth-order valence-electron chi connectivity index (χ4n) is 2.99. The van der Waals surface area contributed by atoms with Gasteiger partial charge in [0.2, 0.25) is 0 Å². The summed E-state index contributed by atoms with van der Waals surface area (Å²) >= 11 is 0. The lowest BCUT2D eigenvalue weighted by Crippen LogP contribution is -2.25. The molecule has 0 aliphatic rings. The summed E-state index contributed by atoms with van der Waals surface area (Å²) < 4.78 is 28.6. The van der Waals surface area contributed by atoms with E-state index < -0.39 is 10.8 Å². The van der Waals surface area contributed by atoms with Gasteiger partial charge in [-0.05, 0) is 60.9 Å². The van der Waals surface area contributed by atoms with Gasteiger partial charge in [-0.15, -0.1) is 0 Å². The third-order valence-corrected chi connectivity index (χ3v) is 5.88. The van der Waals surface area contributed by atoms with E-state index in [0.29, 0.717) is 30.2 Å². The Morgan fingerprint density at radius 2 is 1.83 bits per heavy atom. The van der Waals surface area contributed by atoms with Gasteiger partial charge in [0.05, 0.1) is 30.8 Å². The first-order chi connectivity index (χ1) is 14.5. The van der Waals surface area contributed by atoms with Crippen LogP contribution in [0.3, 0.4) is 0 Å². The fourth-order valence-corrected chi connectivity index (χ4v) is 4.12. The molecule has 0 aliphatic carbocycles.